The molecule has 0 saturated carbocycles. The van der Waals surface area contributed by atoms with E-state index in [1.807, 2.05) is 31.2 Å². The fraction of sp³-hybridized carbons (Fsp3) is 0.0303. The Morgan fingerprint density at radius 2 is 1.66 bits per heavy atom. The van der Waals surface area contributed by atoms with Crippen molar-refractivity contribution in [3.8, 4) is 11.8 Å². The van der Waals surface area contributed by atoms with Crippen LogP contribution in [0, 0.1) is 11.3 Å². The first kappa shape index (κ1) is 21.9. The van der Waals surface area contributed by atoms with E-state index in [2.05, 4.69) is 88.1 Å². The lowest BCUT2D eigenvalue weighted by molar-refractivity contribution is 1.13. The van der Waals surface area contributed by atoms with Crippen molar-refractivity contribution in [2.45, 2.75) is 6.92 Å². The minimum Gasteiger partial charge on any atom is -0.369 e. The molecule has 0 spiro atoms. The predicted octanol–water partition coefficient (Wildman–Crippen LogP) is 7.42. The van der Waals surface area contributed by atoms with Gasteiger partial charge in [0.25, 0.3) is 0 Å². The van der Waals surface area contributed by atoms with Crippen molar-refractivity contribution in [3.63, 3.8) is 0 Å². The number of nitriles is 1. The van der Waals surface area contributed by atoms with Crippen LogP contribution in [0.4, 0.5) is 0 Å². The summed E-state index contributed by atoms with van der Waals surface area (Å²) in [5, 5.41) is 15.0. The summed E-state index contributed by atoms with van der Waals surface area (Å²) >= 11 is 0. The van der Waals surface area contributed by atoms with Gasteiger partial charge in [0.1, 0.15) is 0 Å². The highest BCUT2D eigenvalue weighted by atomic mass is 15.2. The van der Waals surface area contributed by atoms with Crippen molar-refractivity contribution in [2.24, 2.45) is 10.7 Å². The Kier molecular flexibility index (Phi) is 4.82. The molecule has 5 nitrogen and oxygen atoms in total. The number of hydrogen-bond acceptors (Lipinski definition) is 2. The van der Waals surface area contributed by atoms with E-state index < -0.39 is 0 Å². The van der Waals surface area contributed by atoms with Gasteiger partial charge in [-0.1, -0.05) is 60.7 Å². The summed E-state index contributed by atoms with van der Waals surface area (Å²) in [6.45, 7) is 1.94. The van der Waals surface area contributed by atoms with Crippen LogP contribution in [-0.4, -0.2) is 15.1 Å². The molecule has 2 heterocycles. The lowest BCUT2D eigenvalue weighted by Gasteiger charge is -2.10. The Hall–Kier alpha value is -5.34. The van der Waals surface area contributed by atoms with Crippen LogP contribution in [0.3, 0.4) is 0 Å². The Bertz CT molecular complexity index is 2080. The molecule has 0 amide bonds. The first-order valence-corrected chi connectivity index (χ1v) is 12.5. The van der Waals surface area contributed by atoms with E-state index in [9.17, 15) is 0 Å². The molecule has 0 radical (unpaired) electrons. The summed E-state index contributed by atoms with van der Waals surface area (Å²) < 4.78 is 4.32. The maximum Gasteiger partial charge on any atom is 0.205 e. The van der Waals surface area contributed by atoms with Crippen LogP contribution in [0.15, 0.2) is 114 Å². The predicted molar refractivity (Wildman–Crippen MR) is 157 cm³/mol. The summed E-state index contributed by atoms with van der Waals surface area (Å²) in [4.78, 5) is 4.89. The highest BCUT2D eigenvalue weighted by molar-refractivity contribution is 6.31. The topological polar surface area (TPSA) is 72.0 Å². The summed E-state index contributed by atoms with van der Waals surface area (Å²) in [6, 6.07) is 35.1. The van der Waals surface area contributed by atoms with Crippen molar-refractivity contribution in [3.05, 3.63) is 120 Å². The molecule has 2 aromatic heterocycles. The largest absolute Gasteiger partial charge is 0.369 e. The van der Waals surface area contributed by atoms with E-state index in [0.717, 1.165) is 33.4 Å². The smallest absolute Gasteiger partial charge is 0.205 e. The van der Waals surface area contributed by atoms with Gasteiger partial charge >= 0.3 is 0 Å². The summed E-state index contributed by atoms with van der Waals surface area (Å²) in [7, 11) is 0. The van der Waals surface area contributed by atoms with Crippen molar-refractivity contribution in [1.82, 2.24) is 9.13 Å². The number of nitrogens with zero attached hydrogens (tertiary/aromatic N) is 4. The maximum absolute atomic E-state index is 9.17. The first-order valence-electron chi connectivity index (χ1n) is 12.5. The molecule has 0 atom stereocenters. The van der Waals surface area contributed by atoms with Crippen molar-refractivity contribution < 1.29 is 0 Å². The number of hydrogen-bond donors (Lipinski definition) is 1. The molecule has 0 unspecified atom stereocenters. The van der Waals surface area contributed by atoms with Gasteiger partial charge < -0.3 is 10.3 Å². The van der Waals surface area contributed by atoms with Gasteiger partial charge in [0.2, 0.25) is 5.96 Å². The van der Waals surface area contributed by atoms with Crippen molar-refractivity contribution in [2.75, 3.05) is 0 Å². The second-order valence-electron chi connectivity index (χ2n) is 9.39. The van der Waals surface area contributed by atoms with E-state index in [-0.39, 0.29) is 0 Å². The third-order valence-electron chi connectivity index (χ3n) is 7.31. The molecule has 0 aliphatic rings. The highest BCUT2D eigenvalue weighted by Gasteiger charge is 2.21. The zero-order valence-corrected chi connectivity index (χ0v) is 20.8. The van der Waals surface area contributed by atoms with E-state index in [4.69, 9.17) is 16.0 Å². The monoisotopic (exact) mass is 489 g/mol. The van der Waals surface area contributed by atoms with Gasteiger partial charge in [0.05, 0.1) is 33.9 Å². The molecule has 2 N–H and O–H groups in total. The lowest BCUT2D eigenvalue weighted by atomic mass is 10.0. The molecule has 5 aromatic carbocycles. The normalized spacial score (nSPS) is 12.7. The van der Waals surface area contributed by atoms with Crippen LogP contribution in [0.1, 0.15) is 18.1 Å². The number of nitrogens with two attached hydrogens (primary N) is 1. The third-order valence-corrected chi connectivity index (χ3v) is 7.31. The minimum atomic E-state index is 0.398. The second-order valence-corrected chi connectivity index (χ2v) is 9.39. The van der Waals surface area contributed by atoms with Gasteiger partial charge in [0, 0.05) is 33.4 Å². The lowest BCUT2D eigenvalue weighted by Crippen LogP contribution is -2.22. The molecule has 0 saturated heterocycles. The Labute approximate surface area is 219 Å². The molecule has 7 rings (SSSR count). The van der Waals surface area contributed by atoms with E-state index in [1.165, 1.54) is 27.1 Å². The van der Waals surface area contributed by atoms with Crippen LogP contribution in [0.2, 0.25) is 0 Å². The first-order chi connectivity index (χ1) is 18.7. The molecular weight excluding hydrogens is 466 g/mol. The molecule has 180 valence electrons. The van der Waals surface area contributed by atoms with Crippen molar-refractivity contribution >= 4 is 55.1 Å². The molecule has 38 heavy (non-hydrogen) atoms. The number of aliphatic imine (C=N–C) groups is 1. The molecule has 0 fully saturated rings. The molecule has 5 heteroatoms. The Morgan fingerprint density at radius 1 is 0.842 bits per heavy atom. The van der Waals surface area contributed by atoms with Gasteiger partial charge in [-0.25, -0.2) is 4.99 Å². The van der Waals surface area contributed by atoms with Gasteiger partial charge in [-0.3, -0.25) is 4.57 Å². The van der Waals surface area contributed by atoms with Crippen LogP contribution in [-0.2, 0) is 0 Å². The highest BCUT2D eigenvalue weighted by Crippen LogP contribution is 2.41. The fourth-order valence-electron chi connectivity index (χ4n) is 5.62. The molecule has 7 aromatic rings. The molecular formula is C33H23N5. The molecule has 0 aliphatic heterocycles. The van der Waals surface area contributed by atoms with Crippen LogP contribution in [0.25, 0.3) is 54.9 Å². The fourth-order valence-corrected chi connectivity index (χ4v) is 5.62. The number of fused-ring (bicyclic) bond motifs is 2. The third kappa shape index (κ3) is 3.14. The maximum atomic E-state index is 9.17. The minimum absolute atomic E-state index is 0.398. The van der Waals surface area contributed by atoms with Gasteiger partial charge in [-0.15, -0.1) is 0 Å². The number of benzene rings is 5. The Morgan fingerprint density at radius 3 is 2.42 bits per heavy atom. The quantitative estimate of drug-likeness (QED) is 0.159. The van der Waals surface area contributed by atoms with Gasteiger partial charge in [0.15, 0.2) is 0 Å². The summed E-state index contributed by atoms with van der Waals surface area (Å²) in [5.74, 6) is 0.398. The second kappa shape index (κ2) is 8.36. The Balaban J connectivity index is 1.51. The van der Waals surface area contributed by atoms with E-state index >= 15 is 0 Å². The van der Waals surface area contributed by atoms with Gasteiger partial charge in [-0.05, 0) is 60.3 Å². The van der Waals surface area contributed by atoms with Crippen LogP contribution in [0.5, 0.6) is 0 Å². The van der Waals surface area contributed by atoms with E-state index in [1.54, 1.807) is 12.1 Å². The summed E-state index contributed by atoms with van der Waals surface area (Å²) in [5.41, 5.74) is 13.4. The number of allylic oxidation sites excluding steroid dienone is 1. The number of rotatable bonds is 3. The van der Waals surface area contributed by atoms with Crippen LogP contribution < -0.4 is 5.73 Å². The molecule has 0 aliphatic carbocycles. The molecule has 0 bridgehead atoms. The van der Waals surface area contributed by atoms with Gasteiger partial charge in [-0.2, -0.15) is 5.26 Å². The van der Waals surface area contributed by atoms with E-state index in [0.29, 0.717) is 11.5 Å². The SMILES string of the molecule is C/C=C(\N=C(N)n1c2cccc3ccc4c(c32)c1cc1ccn(-c2ccccc2)c14)c1ccc(C#N)cc1. The number of aromatic nitrogens is 2. The number of para-hydroxylation sites is 1. The van der Waals surface area contributed by atoms with Crippen LogP contribution >= 0.6 is 0 Å². The van der Waals surface area contributed by atoms with Crippen molar-refractivity contribution in [1.29, 1.82) is 5.26 Å². The summed E-state index contributed by atoms with van der Waals surface area (Å²) in [6.07, 6.45) is 4.07. The zero-order chi connectivity index (χ0) is 25.8. The average molecular weight is 490 g/mol. The standard InChI is InChI=1S/C33H23N5/c1-2-27(22-13-11-21(20-34)12-14-22)36-33(35)38-28-10-6-7-23-15-16-26-31(30(23)28)29(38)19-24-17-18-37(32(24)26)25-8-4-3-5-9-25/h2-19H,1H3,(H2,35,36)/b27-2-. The zero-order valence-electron chi connectivity index (χ0n) is 20.8. The average Bonchev–Trinajstić information content (AvgIpc) is 3.55.